The average molecular weight is 293 g/mol. The molecule has 0 radical (unpaired) electrons. The second-order valence-electron chi connectivity index (χ2n) is 3.82. The van der Waals surface area contributed by atoms with Gasteiger partial charge in [-0.25, -0.2) is 0 Å². The van der Waals surface area contributed by atoms with Crippen molar-refractivity contribution < 1.29 is 18.3 Å². The number of benzene rings is 1. The van der Waals surface area contributed by atoms with Gasteiger partial charge in [0.25, 0.3) is 0 Å². The predicted octanol–water partition coefficient (Wildman–Crippen LogP) is 3.01. The molecule has 19 heavy (non-hydrogen) atoms. The van der Waals surface area contributed by atoms with Crippen LogP contribution in [0.3, 0.4) is 0 Å². The van der Waals surface area contributed by atoms with E-state index in [-0.39, 0.29) is 16.7 Å². The highest BCUT2D eigenvalue weighted by molar-refractivity contribution is 6.32. The lowest BCUT2D eigenvalue weighted by Gasteiger charge is -2.09. The Balaban J connectivity index is 2.55. The maximum Gasteiger partial charge on any atom is 0.387 e. The molecule has 1 aromatic rings. The van der Waals surface area contributed by atoms with E-state index < -0.39 is 6.61 Å². The Morgan fingerprint density at radius 1 is 1.42 bits per heavy atom. The lowest BCUT2D eigenvalue weighted by molar-refractivity contribution is -0.116. The zero-order valence-electron chi connectivity index (χ0n) is 10.2. The van der Waals surface area contributed by atoms with Crippen molar-refractivity contribution in [1.82, 2.24) is 0 Å². The van der Waals surface area contributed by atoms with Crippen molar-refractivity contribution in [2.24, 2.45) is 5.73 Å². The summed E-state index contributed by atoms with van der Waals surface area (Å²) in [5.74, 6) is -0.301. The van der Waals surface area contributed by atoms with Gasteiger partial charge in [0.05, 0.1) is 5.02 Å². The minimum absolute atomic E-state index is 0.0139. The molecular weight excluding hydrogens is 278 g/mol. The minimum Gasteiger partial charge on any atom is -0.433 e. The number of unbranched alkanes of at least 4 members (excludes halogenated alkanes) is 1. The normalized spacial score (nSPS) is 10.6. The minimum atomic E-state index is -2.94. The number of carbonyl (C=O) groups excluding carboxylic acids is 1. The van der Waals surface area contributed by atoms with Crippen molar-refractivity contribution in [3.05, 3.63) is 23.2 Å². The van der Waals surface area contributed by atoms with Crippen molar-refractivity contribution >= 4 is 23.2 Å². The first-order valence-corrected chi connectivity index (χ1v) is 6.15. The number of amides is 1. The van der Waals surface area contributed by atoms with Gasteiger partial charge in [-0.3, -0.25) is 4.79 Å². The van der Waals surface area contributed by atoms with Gasteiger partial charge in [0.2, 0.25) is 5.91 Å². The molecule has 0 fully saturated rings. The van der Waals surface area contributed by atoms with Crippen molar-refractivity contribution in [3.63, 3.8) is 0 Å². The summed E-state index contributed by atoms with van der Waals surface area (Å²) in [6.07, 6.45) is 1.82. The maximum atomic E-state index is 12.0. The molecule has 4 nitrogen and oxygen atoms in total. The Morgan fingerprint density at radius 3 is 2.74 bits per heavy atom. The van der Waals surface area contributed by atoms with Crippen LogP contribution >= 0.6 is 11.6 Å². The first-order chi connectivity index (χ1) is 9.02. The van der Waals surface area contributed by atoms with Gasteiger partial charge >= 0.3 is 6.61 Å². The lowest BCUT2D eigenvalue weighted by Crippen LogP contribution is -2.12. The van der Waals surface area contributed by atoms with Gasteiger partial charge in [-0.15, -0.1) is 0 Å². The molecule has 0 aromatic heterocycles. The molecule has 0 heterocycles. The monoisotopic (exact) mass is 292 g/mol. The van der Waals surface area contributed by atoms with Crippen LogP contribution in [0, 0.1) is 0 Å². The first kappa shape index (κ1) is 15.7. The highest BCUT2D eigenvalue weighted by Gasteiger charge is 2.10. The largest absolute Gasteiger partial charge is 0.433 e. The summed E-state index contributed by atoms with van der Waals surface area (Å²) < 4.78 is 28.2. The Kier molecular flexibility index (Phi) is 6.52. The number of hydrogen-bond donors (Lipinski definition) is 2. The summed E-state index contributed by atoms with van der Waals surface area (Å²) >= 11 is 5.76. The number of anilines is 1. The van der Waals surface area contributed by atoms with Crippen molar-refractivity contribution in [1.29, 1.82) is 0 Å². The van der Waals surface area contributed by atoms with Crippen LogP contribution in [0.25, 0.3) is 0 Å². The molecule has 1 aromatic carbocycles. The number of ether oxygens (including phenoxy) is 1. The maximum absolute atomic E-state index is 12.0. The first-order valence-electron chi connectivity index (χ1n) is 5.77. The summed E-state index contributed by atoms with van der Waals surface area (Å²) in [4.78, 5) is 11.5. The average Bonchev–Trinajstić information content (AvgIpc) is 2.32. The van der Waals surface area contributed by atoms with Gasteiger partial charge in [0.1, 0.15) is 5.75 Å². The Hall–Kier alpha value is -1.40. The fourth-order valence-electron chi connectivity index (χ4n) is 1.42. The van der Waals surface area contributed by atoms with Crippen molar-refractivity contribution in [2.75, 3.05) is 11.9 Å². The highest BCUT2D eigenvalue weighted by atomic mass is 35.5. The standard InChI is InChI=1S/C12H15ClF2N2O2/c13-9-7-8(4-5-10(9)19-12(14)15)17-11(18)3-1-2-6-16/h4-5,7,12H,1-3,6,16H2,(H,17,18). The van der Waals surface area contributed by atoms with Crippen LogP contribution in [0.4, 0.5) is 14.5 Å². The second-order valence-corrected chi connectivity index (χ2v) is 4.22. The quantitative estimate of drug-likeness (QED) is 0.759. The molecule has 0 bridgehead atoms. The van der Waals surface area contributed by atoms with Gasteiger partial charge in [-0.05, 0) is 37.6 Å². The van der Waals surface area contributed by atoms with E-state index in [1.54, 1.807) is 0 Å². The number of hydrogen-bond acceptors (Lipinski definition) is 3. The highest BCUT2D eigenvalue weighted by Crippen LogP contribution is 2.28. The Labute approximate surface area is 114 Å². The predicted molar refractivity (Wildman–Crippen MR) is 69.6 cm³/mol. The molecule has 0 aliphatic heterocycles. The fourth-order valence-corrected chi connectivity index (χ4v) is 1.65. The summed E-state index contributed by atoms with van der Waals surface area (Å²) in [7, 11) is 0. The van der Waals surface area contributed by atoms with Gasteiger partial charge in [0.15, 0.2) is 0 Å². The second kappa shape index (κ2) is 7.91. The summed E-state index contributed by atoms with van der Waals surface area (Å²) in [6.45, 7) is -2.40. The van der Waals surface area contributed by atoms with Crippen LogP contribution in [-0.2, 0) is 4.79 Å². The number of carbonyl (C=O) groups is 1. The van der Waals surface area contributed by atoms with Crippen LogP contribution in [0.2, 0.25) is 5.02 Å². The smallest absolute Gasteiger partial charge is 0.387 e. The third-order valence-corrected chi connectivity index (χ3v) is 2.59. The van der Waals surface area contributed by atoms with E-state index in [0.29, 0.717) is 25.1 Å². The van der Waals surface area contributed by atoms with Crippen LogP contribution in [0.15, 0.2) is 18.2 Å². The van der Waals surface area contributed by atoms with Crippen molar-refractivity contribution in [2.45, 2.75) is 25.9 Å². The molecule has 1 amide bonds. The molecule has 0 aliphatic rings. The lowest BCUT2D eigenvalue weighted by atomic mass is 10.2. The molecule has 0 aliphatic carbocycles. The van der Waals surface area contributed by atoms with E-state index in [1.165, 1.54) is 18.2 Å². The van der Waals surface area contributed by atoms with Gasteiger partial charge in [0, 0.05) is 12.1 Å². The van der Waals surface area contributed by atoms with Crippen LogP contribution in [0.5, 0.6) is 5.75 Å². The molecule has 0 atom stereocenters. The summed E-state index contributed by atoms with van der Waals surface area (Å²) in [5.41, 5.74) is 5.75. The number of rotatable bonds is 7. The third kappa shape index (κ3) is 5.85. The van der Waals surface area contributed by atoms with E-state index >= 15 is 0 Å². The molecular formula is C12H15ClF2N2O2. The van der Waals surface area contributed by atoms with Gasteiger partial charge < -0.3 is 15.8 Å². The number of halogens is 3. The third-order valence-electron chi connectivity index (χ3n) is 2.29. The van der Waals surface area contributed by atoms with Gasteiger partial charge in [-0.1, -0.05) is 11.6 Å². The van der Waals surface area contributed by atoms with E-state index in [1.807, 2.05) is 0 Å². The molecule has 0 saturated heterocycles. The molecule has 0 spiro atoms. The molecule has 7 heteroatoms. The van der Waals surface area contributed by atoms with Crippen LogP contribution < -0.4 is 15.8 Å². The van der Waals surface area contributed by atoms with Crippen LogP contribution in [0.1, 0.15) is 19.3 Å². The molecule has 106 valence electrons. The van der Waals surface area contributed by atoms with Gasteiger partial charge in [-0.2, -0.15) is 8.78 Å². The summed E-state index contributed by atoms with van der Waals surface area (Å²) in [6, 6.07) is 4.09. The molecule has 0 unspecified atom stereocenters. The van der Waals surface area contributed by atoms with E-state index in [2.05, 4.69) is 10.1 Å². The van der Waals surface area contributed by atoms with E-state index in [9.17, 15) is 13.6 Å². The van der Waals surface area contributed by atoms with E-state index in [0.717, 1.165) is 6.42 Å². The van der Waals surface area contributed by atoms with Crippen molar-refractivity contribution in [3.8, 4) is 5.75 Å². The number of nitrogens with two attached hydrogens (primary N) is 1. The number of nitrogens with one attached hydrogen (secondary N) is 1. The number of alkyl halides is 2. The molecule has 1 rings (SSSR count). The zero-order valence-corrected chi connectivity index (χ0v) is 10.9. The van der Waals surface area contributed by atoms with Crippen LogP contribution in [-0.4, -0.2) is 19.1 Å². The zero-order chi connectivity index (χ0) is 14.3. The Bertz CT molecular complexity index is 430. The SMILES string of the molecule is NCCCCC(=O)Nc1ccc(OC(F)F)c(Cl)c1. The van der Waals surface area contributed by atoms with E-state index in [4.69, 9.17) is 17.3 Å². The summed E-state index contributed by atoms with van der Waals surface area (Å²) in [5, 5.41) is 2.63. The Morgan fingerprint density at radius 2 is 2.16 bits per heavy atom. The molecule has 0 saturated carbocycles. The fraction of sp³-hybridized carbons (Fsp3) is 0.417. The topological polar surface area (TPSA) is 64.4 Å². The molecule has 3 N–H and O–H groups in total.